The number of likely N-dealkylation sites (N-methyl/N-ethyl adjacent to an activating group) is 1. The predicted molar refractivity (Wildman–Crippen MR) is 72.8 cm³/mol. The molecule has 2 aromatic rings. The maximum absolute atomic E-state index is 5.32. The van der Waals surface area contributed by atoms with Crippen LogP contribution in [0.5, 0.6) is 0 Å². The van der Waals surface area contributed by atoms with Crippen LogP contribution in [0.15, 0.2) is 21.3 Å². The molecule has 0 saturated carbocycles. The van der Waals surface area contributed by atoms with Crippen LogP contribution in [0.2, 0.25) is 0 Å². The van der Waals surface area contributed by atoms with Crippen LogP contribution in [0, 0.1) is 6.92 Å². The minimum Gasteiger partial charge on any atom is -0.469 e. The summed E-state index contributed by atoms with van der Waals surface area (Å²) in [5.41, 5.74) is 0.894. The smallest absolute Gasteiger partial charge is 0.228 e. The fraction of sp³-hybridized carbons (Fsp3) is 0.571. The monoisotopic (exact) mass is 263 g/mol. The van der Waals surface area contributed by atoms with Gasteiger partial charge in [0.15, 0.2) is 0 Å². The van der Waals surface area contributed by atoms with Gasteiger partial charge in [0.05, 0.1) is 11.8 Å². The summed E-state index contributed by atoms with van der Waals surface area (Å²) in [7, 11) is 0. The summed E-state index contributed by atoms with van der Waals surface area (Å²) in [6.45, 7) is 7.13. The Hall–Kier alpha value is -1.62. The average Bonchev–Trinajstić information content (AvgIpc) is 2.98. The van der Waals surface area contributed by atoms with E-state index < -0.39 is 0 Å². The van der Waals surface area contributed by atoms with E-state index in [1.54, 1.807) is 6.26 Å². The van der Waals surface area contributed by atoms with Gasteiger partial charge in [-0.2, -0.15) is 4.98 Å². The van der Waals surface area contributed by atoms with Crippen LogP contribution >= 0.6 is 0 Å². The lowest BCUT2D eigenvalue weighted by Crippen LogP contribution is -2.30. The molecule has 19 heavy (non-hydrogen) atoms. The molecule has 104 valence electrons. The Kier molecular flexibility index (Phi) is 4.74. The van der Waals surface area contributed by atoms with E-state index in [1.807, 2.05) is 13.0 Å². The topological polar surface area (TPSA) is 64.1 Å². The molecule has 0 aliphatic rings. The standard InChI is InChI=1S/C14H21N3O2/c1-4-6-11(15-5-2)9-13-16-14(17-19-13)12-7-8-18-10(12)3/h7-8,11,15H,4-6,9H2,1-3H3. The SMILES string of the molecule is CCCC(Cc1nc(-c2ccoc2C)no1)NCC. The Morgan fingerprint density at radius 3 is 2.84 bits per heavy atom. The second-order valence-electron chi connectivity index (χ2n) is 4.65. The summed E-state index contributed by atoms with van der Waals surface area (Å²) < 4.78 is 10.6. The van der Waals surface area contributed by atoms with Crippen LogP contribution in [-0.4, -0.2) is 22.7 Å². The zero-order chi connectivity index (χ0) is 13.7. The van der Waals surface area contributed by atoms with E-state index in [0.29, 0.717) is 17.8 Å². The van der Waals surface area contributed by atoms with Crippen molar-refractivity contribution in [3.63, 3.8) is 0 Å². The molecule has 2 aromatic heterocycles. The first-order chi connectivity index (χ1) is 9.24. The number of hydrogen-bond donors (Lipinski definition) is 1. The summed E-state index contributed by atoms with van der Waals surface area (Å²) in [6, 6.07) is 2.26. The first-order valence-electron chi connectivity index (χ1n) is 6.85. The normalized spacial score (nSPS) is 12.8. The first-order valence-corrected chi connectivity index (χ1v) is 6.85. The lowest BCUT2D eigenvalue weighted by atomic mass is 10.1. The molecule has 0 saturated heterocycles. The molecule has 5 heteroatoms. The van der Waals surface area contributed by atoms with Crippen molar-refractivity contribution in [1.82, 2.24) is 15.5 Å². The maximum atomic E-state index is 5.32. The van der Waals surface area contributed by atoms with E-state index in [9.17, 15) is 0 Å². The summed E-state index contributed by atoms with van der Waals surface area (Å²) >= 11 is 0. The van der Waals surface area contributed by atoms with E-state index in [1.165, 1.54) is 0 Å². The summed E-state index contributed by atoms with van der Waals surface area (Å²) in [6.07, 6.45) is 4.65. The fourth-order valence-corrected chi connectivity index (χ4v) is 2.19. The van der Waals surface area contributed by atoms with Crippen molar-refractivity contribution >= 4 is 0 Å². The average molecular weight is 263 g/mol. The molecule has 0 bridgehead atoms. The number of aromatic nitrogens is 2. The Bertz CT molecular complexity index is 498. The number of rotatable bonds is 7. The van der Waals surface area contributed by atoms with Gasteiger partial charge in [0.1, 0.15) is 5.76 Å². The molecule has 0 aromatic carbocycles. The highest BCUT2D eigenvalue weighted by atomic mass is 16.5. The Labute approximate surface area is 113 Å². The number of nitrogens with zero attached hydrogens (tertiary/aromatic N) is 2. The molecule has 2 rings (SSSR count). The van der Waals surface area contributed by atoms with Gasteiger partial charge < -0.3 is 14.3 Å². The summed E-state index contributed by atoms with van der Waals surface area (Å²) in [4.78, 5) is 4.44. The zero-order valence-corrected chi connectivity index (χ0v) is 11.8. The van der Waals surface area contributed by atoms with Crippen molar-refractivity contribution < 1.29 is 8.94 Å². The molecule has 1 atom stereocenters. The van der Waals surface area contributed by atoms with Crippen molar-refractivity contribution in [2.75, 3.05) is 6.54 Å². The van der Waals surface area contributed by atoms with Gasteiger partial charge in [0.2, 0.25) is 11.7 Å². The number of nitrogens with one attached hydrogen (secondary N) is 1. The predicted octanol–water partition coefficient (Wildman–Crippen LogP) is 2.96. The molecule has 2 heterocycles. The molecule has 5 nitrogen and oxygen atoms in total. The quantitative estimate of drug-likeness (QED) is 0.832. The van der Waals surface area contributed by atoms with E-state index in [-0.39, 0.29) is 0 Å². The van der Waals surface area contributed by atoms with Crippen molar-refractivity contribution in [3.8, 4) is 11.4 Å². The molecule has 1 N–H and O–H groups in total. The second-order valence-corrected chi connectivity index (χ2v) is 4.65. The van der Waals surface area contributed by atoms with Crippen molar-refractivity contribution in [2.24, 2.45) is 0 Å². The van der Waals surface area contributed by atoms with Gasteiger partial charge in [-0.15, -0.1) is 0 Å². The van der Waals surface area contributed by atoms with Crippen molar-refractivity contribution in [3.05, 3.63) is 24.0 Å². The fourth-order valence-electron chi connectivity index (χ4n) is 2.19. The zero-order valence-electron chi connectivity index (χ0n) is 11.8. The molecule has 0 radical (unpaired) electrons. The molecule has 0 spiro atoms. The van der Waals surface area contributed by atoms with Crippen molar-refractivity contribution in [1.29, 1.82) is 0 Å². The third-order valence-corrected chi connectivity index (χ3v) is 3.12. The van der Waals surface area contributed by atoms with Crippen LogP contribution in [0.4, 0.5) is 0 Å². The minimum absolute atomic E-state index is 0.397. The lowest BCUT2D eigenvalue weighted by molar-refractivity contribution is 0.352. The van der Waals surface area contributed by atoms with Gasteiger partial charge in [-0.25, -0.2) is 0 Å². The van der Waals surface area contributed by atoms with Gasteiger partial charge in [-0.3, -0.25) is 0 Å². The number of hydrogen-bond acceptors (Lipinski definition) is 5. The lowest BCUT2D eigenvalue weighted by Gasteiger charge is -2.14. The van der Waals surface area contributed by atoms with Crippen LogP contribution in [-0.2, 0) is 6.42 Å². The Balaban J connectivity index is 2.06. The first kappa shape index (κ1) is 13.8. The minimum atomic E-state index is 0.397. The largest absolute Gasteiger partial charge is 0.469 e. The van der Waals surface area contributed by atoms with Gasteiger partial charge in [0, 0.05) is 12.5 Å². The molecule has 0 fully saturated rings. The molecule has 0 amide bonds. The Morgan fingerprint density at radius 1 is 1.37 bits per heavy atom. The molecular formula is C14H21N3O2. The number of aryl methyl sites for hydroxylation is 1. The van der Waals surface area contributed by atoms with Gasteiger partial charge in [-0.1, -0.05) is 25.4 Å². The summed E-state index contributed by atoms with van der Waals surface area (Å²) in [5.74, 6) is 2.09. The van der Waals surface area contributed by atoms with Gasteiger partial charge in [-0.05, 0) is 26.0 Å². The van der Waals surface area contributed by atoms with Crippen LogP contribution in [0.1, 0.15) is 38.3 Å². The maximum Gasteiger partial charge on any atom is 0.228 e. The van der Waals surface area contributed by atoms with E-state index >= 15 is 0 Å². The molecule has 0 aliphatic heterocycles. The van der Waals surface area contributed by atoms with Gasteiger partial charge in [0.25, 0.3) is 0 Å². The third-order valence-electron chi connectivity index (χ3n) is 3.12. The van der Waals surface area contributed by atoms with Crippen LogP contribution in [0.3, 0.4) is 0 Å². The highest BCUT2D eigenvalue weighted by molar-refractivity contribution is 5.56. The molecular weight excluding hydrogens is 242 g/mol. The van der Waals surface area contributed by atoms with Crippen LogP contribution in [0.25, 0.3) is 11.4 Å². The van der Waals surface area contributed by atoms with E-state index in [2.05, 4.69) is 29.3 Å². The van der Waals surface area contributed by atoms with Gasteiger partial charge >= 0.3 is 0 Å². The van der Waals surface area contributed by atoms with E-state index in [0.717, 1.165) is 37.1 Å². The van der Waals surface area contributed by atoms with Crippen molar-refractivity contribution in [2.45, 2.75) is 46.1 Å². The highest BCUT2D eigenvalue weighted by Crippen LogP contribution is 2.21. The van der Waals surface area contributed by atoms with Crippen LogP contribution < -0.4 is 5.32 Å². The second kappa shape index (κ2) is 6.52. The Morgan fingerprint density at radius 2 is 2.21 bits per heavy atom. The third kappa shape index (κ3) is 3.44. The highest BCUT2D eigenvalue weighted by Gasteiger charge is 2.16. The summed E-state index contributed by atoms with van der Waals surface area (Å²) in [5, 5.41) is 7.46. The number of furan rings is 1. The molecule has 1 unspecified atom stereocenters. The van der Waals surface area contributed by atoms with E-state index in [4.69, 9.17) is 8.94 Å². The molecule has 0 aliphatic carbocycles.